The smallest absolute Gasteiger partial charge is 0.231 e. The summed E-state index contributed by atoms with van der Waals surface area (Å²) in [6.45, 7) is 1.78. The van der Waals surface area contributed by atoms with Gasteiger partial charge in [0.05, 0.1) is 11.8 Å². The maximum atomic E-state index is 12.1. The van der Waals surface area contributed by atoms with Crippen LogP contribution in [0.1, 0.15) is 19.8 Å². The van der Waals surface area contributed by atoms with E-state index in [1.807, 2.05) is 24.3 Å². The lowest BCUT2D eigenvalue weighted by atomic mass is 9.98. The summed E-state index contributed by atoms with van der Waals surface area (Å²) in [6.07, 6.45) is 1.99. The van der Waals surface area contributed by atoms with E-state index in [1.54, 1.807) is 6.92 Å². The first-order chi connectivity index (χ1) is 11.5. The van der Waals surface area contributed by atoms with Crippen LogP contribution in [0.3, 0.4) is 0 Å². The molecule has 2 aromatic rings. The normalized spacial score (nSPS) is 16.2. The molecule has 1 aromatic heterocycles. The maximum absolute atomic E-state index is 12.1. The fraction of sp³-hybridized carbons (Fsp3) is 0.375. The average molecular weight is 406 g/mol. The second-order valence-corrected chi connectivity index (χ2v) is 7.67. The van der Waals surface area contributed by atoms with Crippen molar-refractivity contribution in [1.82, 2.24) is 20.5 Å². The first kappa shape index (κ1) is 17.0. The Bertz CT molecular complexity index is 798. The topological polar surface area (TPSA) is 94.5 Å². The van der Waals surface area contributed by atoms with Crippen LogP contribution < -0.4 is 5.32 Å². The van der Waals surface area contributed by atoms with Gasteiger partial charge in [0.25, 0.3) is 0 Å². The molecule has 124 valence electrons. The van der Waals surface area contributed by atoms with Crippen molar-refractivity contribution in [2.45, 2.75) is 30.5 Å². The Labute approximate surface area is 152 Å². The van der Waals surface area contributed by atoms with Gasteiger partial charge in [-0.25, -0.2) is 4.98 Å². The standard InChI is InChI=1S/C16H16BrN5OS/c1-16(9-18,10-6-7-10)20-13(23)8-24-15-19-14(21-22-15)11-4-2-3-5-12(11)17/h2-5,10H,6-8H2,1H3,(H,20,23)(H,19,21,22)/t16-/m1/s1. The van der Waals surface area contributed by atoms with Gasteiger partial charge in [-0.05, 0) is 31.7 Å². The third kappa shape index (κ3) is 3.79. The minimum absolute atomic E-state index is 0.178. The summed E-state index contributed by atoms with van der Waals surface area (Å²) in [7, 11) is 0. The van der Waals surface area contributed by atoms with Gasteiger partial charge in [-0.15, -0.1) is 5.10 Å². The number of hydrogen-bond acceptors (Lipinski definition) is 5. The molecule has 0 radical (unpaired) electrons. The molecular weight excluding hydrogens is 390 g/mol. The van der Waals surface area contributed by atoms with Crippen LogP contribution in [-0.4, -0.2) is 32.4 Å². The molecule has 1 heterocycles. The number of aromatic amines is 1. The third-order valence-corrected chi connectivity index (χ3v) is 5.49. The number of amides is 1. The molecule has 6 nitrogen and oxygen atoms in total. The van der Waals surface area contributed by atoms with E-state index >= 15 is 0 Å². The molecule has 0 spiro atoms. The highest BCUT2D eigenvalue weighted by molar-refractivity contribution is 9.10. The molecule has 8 heteroatoms. The number of nitriles is 1. The molecule has 1 fully saturated rings. The van der Waals surface area contributed by atoms with E-state index in [4.69, 9.17) is 0 Å². The molecule has 0 unspecified atom stereocenters. The van der Waals surface area contributed by atoms with Crippen molar-refractivity contribution in [1.29, 1.82) is 5.26 Å². The van der Waals surface area contributed by atoms with Crippen LogP contribution in [0.4, 0.5) is 0 Å². The number of carbonyl (C=O) groups is 1. The highest BCUT2D eigenvalue weighted by atomic mass is 79.9. The van der Waals surface area contributed by atoms with Crippen LogP contribution in [0, 0.1) is 17.2 Å². The van der Waals surface area contributed by atoms with Crippen LogP contribution >= 0.6 is 27.7 Å². The Morgan fingerprint density at radius 2 is 2.29 bits per heavy atom. The lowest BCUT2D eigenvalue weighted by Crippen LogP contribution is -2.47. The molecule has 2 N–H and O–H groups in total. The van der Waals surface area contributed by atoms with Gasteiger partial charge in [0.15, 0.2) is 5.82 Å². The van der Waals surface area contributed by atoms with E-state index in [9.17, 15) is 10.1 Å². The fourth-order valence-corrected chi connectivity index (χ4v) is 3.49. The van der Waals surface area contributed by atoms with Crippen molar-refractivity contribution in [2.24, 2.45) is 5.92 Å². The summed E-state index contributed by atoms with van der Waals surface area (Å²) < 4.78 is 0.921. The molecule has 0 aliphatic heterocycles. The monoisotopic (exact) mass is 405 g/mol. The van der Waals surface area contributed by atoms with Gasteiger partial charge in [-0.3, -0.25) is 9.89 Å². The zero-order chi connectivity index (χ0) is 17.2. The van der Waals surface area contributed by atoms with E-state index in [-0.39, 0.29) is 17.6 Å². The van der Waals surface area contributed by atoms with Gasteiger partial charge < -0.3 is 5.32 Å². The van der Waals surface area contributed by atoms with Crippen molar-refractivity contribution < 1.29 is 4.79 Å². The van der Waals surface area contributed by atoms with Gasteiger partial charge in [-0.2, -0.15) is 5.26 Å². The Balaban J connectivity index is 1.59. The number of nitrogens with one attached hydrogen (secondary N) is 2. The predicted octanol–water partition coefficient (Wildman–Crippen LogP) is 3.13. The molecule has 1 atom stereocenters. The van der Waals surface area contributed by atoms with Crippen LogP contribution in [-0.2, 0) is 4.79 Å². The van der Waals surface area contributed by atoms with E-state index in [0.717, 1.165) is 22.9 Å². The number of carbonyl (C=O) groups excluding carboxylic acids is 1. The number of nitrogens with zero attached hydrogens (tertiary/aromatic N) is 3. The summed E-state index contributed by atoms with van der Waals surface area (Å²) >= 11 is 4.72. The second-order valence-electron chi connectivity index (χ2n) is 5.87. The Morgan fingerprint density at radius 3 is 2.96 bits per heavy atom. The summed E-state index contributed by atoms with van der Waals surface area (Å²) in [5.41, 5.74) is 0.142. The SMILES string of the molecule is C[C@](C#N)(NC(=O)CSc1n[nH]c(-c2ccccc2Br)n1)C1CC1. The van der Waals surface area contributed by atoms with Gasteiger partial charge in [0.1, 0.15) is 5.54 Å². The molecule has 0 bridgehead atoms. The van der Waals surface area contributed by atoms with Crippen LogP contribution in [0.5, 0.6) is 0 Å². The van der Waals surface area contributed by atoms with Crippen molar-refractivity contribution >= 4 is 33.6 Å². The number of rotatable bonds is 6. The van der Waals surface area contributed by atoms with E-state index in [1.165, 1.54) is 11.8 Å². The lowest BCUT2D eigenvalue weighted by Gasteiger charge is -2.22. The number of benzene rings is 1. The van der Waals surface area contributed by atoms with E-state index in [0.29, 0.717) is 11.0 Å². The van der Waals surface area contributed by atoms with Crippen molar-refractivity contribution in [3.8, 4) is 17.5 Å². The Morgan fingerprint density at radius 1 is 1.54 bits per heavy atom. The van der Waals surface area contributed by atoms with Gasteiger partial charge in [0.2, 0.25) is 11.1 Å². The van der Waals surface area contributed by atoms with Crippen molar-refractivity contribution in [2.75, 3.05) is 5.75 Å². The Kier molecular flexibility index (Phi) is 4.92. The van der Waals surface area contributed by atoms with Crippen LogP contribution in [0.15, 0.2) is 33.9 Å². The number of aromatic nitrogens is 3. The number of hydrogen-bond donors (Lipinski definition) is 2. The summed E-state index contributed by atoms with van der Waals surface area (Å²) in [4.78, 5) is 16.5. The van der Waals surface area contributed by atoms with Crippen molar-refractivity contribution in [3.05, 3.63) is 28.7 Å². The quantitative estimate of drug-likeness (QED) is 0.719. The number of halogens is 1. The minimum atomic E-state index is -0.767. The molecule has 24 heavy (non-hydrogen) atoms. The zero-order valence-electron chi connectivity index (χ0n) is 13.0. The third-order valence-electron chi connectivity index (χ3n) is 3.95. The first-order valence-electron chi connectivity index (χ1n) is 7.54. The molecule has 0 saturated heterocycles. The molecular formula is C16H16BrN5OS. The fourth-order valence-electron chi connectivity index (χ4n) is 2.42. The Hall–Kier alpha value is -1.85. The first-order valence-corrected chi connectivity index (χ1v) is 9.32. The average Bonchev–Trinajstić information content (AvgIpc) is 3.33. The lowest BCUT2D eigenvalue weighted by molar-refractivity contribution is -0.119. The van der Waals surface area contributed by atoms with E-state index < -0.39 is 5.54 Å². The summed E-state index contributed by atoms with van der Waals surface area (Å²) in [6, 6.07) is 9.92. The van der Waals surface area contributed by atoms with Gasteiger partial charge in [0, 0.05) is 10.0 Å². The number of H-pyrrole nitrogens is 1. The molecule has 1 saturated carbocycles. The molecule has 1 aliphatic carbocycles. The second kappa shape index (κ2) is 6.95. The molecule has 1 aliphatic rings. The number of thioether (sulfide) groups is 1. The van der Waals surface area contributed by atoms with Crippen LogP contribution in [0.2, 0.25) is 0 Å². The van der Waals surface area contributed by atoms with Crippen LogP contribution in [0.25, 0.3) is 11.4 Å². The van der Waals surface area contributed by atoms with Gasteiger partial charge in [-0.1, -0.05) is 45.9 Å². The zero-order valence-corrected chi connectivity index (χ0v) is 15.4. The van der Waals surface area contributed by atoms with Crippen molar-refractivity contribution in [3.63, 3.8) is 0 Å². The van der Waals surface area contributed by atoms with Gasteiger partial charge >= 0.3 is 0 Å². The summed E-state index contributed by atoms with van der Waals surface area (Å²) in [5.74, 6) is 0.910. The minimum Gasteiger partial charge on any atom is -0.337 e. The largest absolute Gasteiger partial charge is 0.337 e. The molecule has 1 aromatic carbocycles. The highest BCUT2D eigenvalue weighted by Crippen LogP contribution is 2.39. The predicted molar refractivity (Wildman–Crippen MR) is 95.1 cm³/mol. The van der Waals surface area contributed by atoms with E-state index in [2.05, 4.69) is 42.5 Å². The highest BCUT2D eigenvalue weighted by Gasteiger charge is 2.42. The maximum Gasteiger partial charge on any atom is 0.231 e. The molecule has 3 rings (SSSR count). The summed E-state index contributed by atoms with van der Waals surface area (Å²) in [5, 5.41) is 19.6. The molecule has 1 amide bonds.